The van der Waals surface area contributed by atoms with E-state index in [2.05, 4.69) is 21.8 Å². The van der Waals surface area contributed by atoms with E-state index >= 15 is 0 Å². The molecule has 1 heterocycles. The maximum atomic E-state index is 12.0. The number of carbonyl (C=O) groups is 1. The fourth-order valence-corrected chi connectivity index (χ4v) is 1.65. The van der Waals surface area contributed by atoms with Crippen LogP contribution in [-0.4, -0.2) is 15.8 Å². The summed E-state index contributed by atoms with van der Waals surface area (Å²) in [6, 6.07) is 5.47. The van der Waals surface area contributed by atoms with Crippen LogP contribution in [0, 0.1) is 11.8 Å². The van der Waals surface area contributed by atoms with Crippen LogP contribution in [0.4, 0.5) is 0 Å². The second kappa shape index (κ2) is 5.22. The fourth-order valence-electron chi connectivity index (χ4n) is 1.65. The molecule has 0 aliphatic heterocycles. The molecule has 2 aromatic rings. The van der Waals surface area contributed by atoms with E-state index < -0.39 is 0 Å². The molecule has 0 atom stereocenters. The molecule has 0 N–H and O–H groups in total. The van der Waals surface area contributed by atoms with E-state index in [0.29, 0.717) is 23.9 Å². The Bertz CT molecular complexity index is 603. The summed E-state index contributed by atoms with van der Waals surface area (Å²) in [6.07, 6.45) is 4.24. The molecule has 84 valence electrons. The molecular weight excluding hydrogens is 212 g/mol. The van der Waals surface area contributed by atoms with Gasteiger partial charge in [0.05, 0.1) is 11.0 Å². The van der Waals surface area contributed by atoms with Crippen LogP contribution < -0.4 is 0 Å². The molecule has 1 aromatic heterocycles. The topological polar surface area (TPSA) is 42.9 Å². The van der Waals surface area contributed by atoms with E-state index in [1.165, 1.54) is 0 Å². The van der Waals surface area contributed by atoms with Crippen LogP contribution >= 0.6 is 0 Å². The highest BCUT2D eigenvalue weighted by atomic mass is 16.1. The van der Waals surface area contributed by atoms with Gasteiger partial charge in [-0.3, -0.25) is 14.8 Å². The third-order valence-electron chi connectivity index (χ3n) is 2.45. The summed E-state index contributed by atoms with van der Waals surface area (Å²) >= 11 is 0. The normalized spacial score (nSPS) is 9.71. The van der Waals surface area contributed by atoms with Crippen LogP contribution in [0.5, 0.6) is 0 Å². The minimum atomic E-state index is 0.0684. The van der Waals surface area contributed by atoms with Crippen molar-refractivity contribution in [3.05, 3.63) is 36.2 Å². The van der Waals surface area contributed by atoms with Crippen LogP contribution in [0.25, 0.3) is 11.0 Å². The Morgan fingerprint density at radius 1 is 1.29 bits per heavy atom. The number of aromatic nitrogens is 2. The van der Waals surface area contributed by atoms with Gasteiger partial charge in [0.25, 0.3) is 0 Å². The van der Waals surface area contributed by atoms with Crippen molar-refractivity contribution < 1.29 is 4.79 Å². The predicted molar refractivity (Wildman–Crippen MR) is 66.6 cm³/mol. The van der Waals surface area contributed by atoms with E-state index in [-0.39, 0.29) is 5.78 Å². The summed E-state index contributed by atoms with van der Waals surface area (Å²) in [7, 11) is 0. The van der Waals surface area contributed by atoms with Crippen molar-refractivity contribution >= 4 is 16.8 Å². The maximum Gasteiger partial charge on any atom is 0.166 e. The highest BCUT2D eigenvalue weighted by Gasteiger charge is 2.10. The number of fused-ring (bicyclic) bond motifs is 1. The number of nitrogens with zero attached hydrogens (tertiary/aromatic N) is 2. The largest absolute Gasteiger partial charge is 0.294 e. The van der Waals surface area contributed by atoms with Crippen LogP contribution in [0.1, 0.15) is 30.1 Å². The number of rotatable bonds is 3. The second-order valence-corrected chi connectivity index (χ2v) is 3.58. The summed E-state index contributed by atoms with van der Waals surface area (Å²) in [5.41, 5.74) is 2.05. The van der Waals surface area contributed by atoms with Gasteiger partial charge in [-0.1, -0.05) is 6.07 Å². The molecule has 0 aliphatic carbocycles. The first-order chi connectivity index (χ1) is 8.33. The molecule has 0 amide bonds. The minimum absolute atomic E-state index is 0.0684. The van der Waals surface area contributed by atoms with Crippen molar-refractivity contribution in [3.63, 3.8) is 0 Å². The van der Waals surface area contributed by atoms with Gasteiger partial charge in [-0.2, -0.15) is 0 Å². The minimum Gasteiger partial charge on any atom is -0.294 e. The van der Waals surface area contributed by atoms with Gasteiger partial charge in [-0.05, 0) is 19.1 Å². The molecule has 0 unspecified atom stereocenters. The average Bonchev–Trinajstić information content (AvgIpc) is 2.38. The molecule has 2 rings (SSSR count). The molecular formula is C14H12N2O. The summed E-state index contributed by atoms with van der Waals surface area (Å²) in [6.45, 7) is 1.77. The zero-order chi connectivity index (χ0) is 12.1. The van der Waals surface area contributed by atoms with Gasteiger partial charge in [0.2, 0.25) is 0 Å². The predicted octanol–water partition coefficient (Wildman–Crippen LogP) is 2.62. The average molecular weight is 224 g/mol. The van der Waals surface area contributed by atoms with E-state index in [1.807, 2.05) is 12.1 Å². The first-order valence-corrected chi connectivity index (χ1v) is 5.45. The smallest absolute Gasteiger partial charge is 0.166 e. The third-order valence-corrected chi connectivity index (χ3v) is 2.45. The zero-order valence-electron chi connectivity index (χ0n) is 9.60. The Hall–Kier alpha value is -2.21. The number of para-hydroxylation sites is 1. The first-order valence-electron chi connectivity index (χ1n) is 5.45. The highest BCUT2D eigenvalue weighted by Crippen LogP contribution is 2.15. The lowest BCUT2D eigenvalue weighted by Gasteiger charge is -2.02. The van der Waals surface area contributed by atoms with Crippen molar-refractivity contribution in [2.75, 3.05) is 0 Å². The van der Waals surface area contributed by atoms with Crippen molar-refractivity contribution in [2.45, 2.75) is 19.8 Å². The van der Waals surface area contributed by atoms with Crippen LogP contribution in [0.3, 0.4) is 0 Å². The summed E-state index contributed by atoms with van der Waals surface area (Å²) < 4.78 is 0. The number of Topliss-reactive ketones (excluding diaryl/α,β-unsaturated/α-hetero) is 1. The maximum absolute atomic E-state index is 12.0. The number of benzene rings is 1. The SMILES string of the molecule is CC#CCCC(=O)c1cccc2nccnc12. The Balaban J connectivity index is 2.34. The Morgan fingerprint density at radius 3 is 2.94 bits per heavy atom. The summed E-state index contributed by atoms with van der Waals surface area (Å²) in [4.78, 5) is 20.4. The molecule has 0 aliphatic rings. The van der Waals surface area contributed by atoms with Crippen molar-refractivity contribution in [2.24, 2.45) is 0 Å². The van der Waals surface area contributed by atoms with Crippen molar-refractivity contribution in [1.29, 1.82) is 0 Å². The second-order valence-electron chi connectivity index (χ2n) is 3.58. The van der Waals surface area contributed by atoms with Crippen molar-refractivity contribution in [1.82, 2.24) is 9.97 Å². The van der Waals surface area contributed by atoms with Gasteiger partial charge in [0.15, 0.2) is 5.78 Å². The molecule has 3 nitrogen and oxygen atoms in total. The zero-order valence-corrected chi connectivity index (χ0v) is 9.60. The highest BCUT2D eigenvalue weighted by molar-refractivity contribution is 6.05. The Kier molecular flexibility index (Phi) is 3.46. The third kappa shape index (κ3) is 2.48. The molecule has 3 heteroatoms. The van der Waals surface area contributed by atoms with Gasteiger partial charge in [0, 0.05) is 30.8 Å². The lowest BCUT2D eigenvalue weighted by molar-refractivity contribution is 0.0985. The van der Waals surface area contributed by atoms with Gasteiger partial charge in [-0.25, -0.2) is 0 Å². The van der Waals surface area contributed by atoms with E-state index in [9.17, 15) is 4.79 Å². The van der Waals surface area contributed by atoms with Crippen molar-refractivity contribution in [3.8, 4) is 11.8 Å². The van der Waals surface area contributed by atoms with Gasteiger partial charge < -0.3 is 0 Å². The lowest BCUT2D eigenvalue weighted by Crippen LogP contribution is -2.01. The summed E-state index contributed by atoms with van der Waals surface area (Å²) in [5, 5.41) is 0. The van der Waals surface area contributed by atoms with Crippen LogP contribution in [-0.2, 0) is 0 Å². The monoisotopic (exact) mass is 224 g/mol. The standard InChI is InChI=1S/C14H12N2O/c1-2-3-4-8-13(17)11-6-5-7-12-14(11)16-10-9-15-12/h5-7,9-10H,4,8H2,1H3. The number of hydrogen-bond donors (Lipinski definition) is 0. The van der Waals surface area contributed by atoms with E-state index in [0.717, 1.165) is 5.52 Å². The lowest BCUT2D eigenvalue weighted by atomic mass is 10.0. The molecule has 0 saturated heterocycles. The summed E-state index contributed by atoms with van der Waals surface area (Å²) in [5.74, 6) is 5.74. The van der Waals surface area contributed by atoms with E-state index in [4.69, 9.17) is 0 Å². The Morgan fingerprint density at radius 2 is 2.12 bits per heavy atom. The Labute approximate surface area is 99.9 Å². The number of hydrogen-bond acceptors (Lipinski definition) is 3. The molecule has 0 bridgehead atoms. The molecule has 0 fully saturated rings. The molecule has 0 spiro atoms. The van der Waals surface area contributed by atoms with Gasteiger partial charge >= 0.3 is 0 Å². The fraction of sp³-hybridized carbons (Fsp3) is 0.214. The first kappa shape index (κ1) is 11.3. The number of carbonyl (C=O) groups excluding carboxylic acids is 1. The van der Waals surface area contributed by atoms with Gasteiger partial charge in [0.1, 0.15) is 0 Å². The molecule has 17 heavy (non-hydrogen) atoms. The van der Waals surface area contributed by atoms with Gasteiger partial charge in [-0.15, -0.1) is 11.8 Å². The number of ketones is 1. The molecule has 0 radical (unpaired) electrons. The molecule has 1 aromatic carbocycles. The van der Waals surface area contributed by atoms with E-state index in [1.54, 1.807) is 25.4 Å². The quantitative estimate of drug-likeness (QED) is 0.594. The molecule has 0 saturated carbocycles. The van der Waals surface area contributed by atoms with Crippen LogP contribution in [0.15, 0.2) is 30.6 Å². The van der Waals surface area contributed by atoms with Crippen LogP contribution in [0.2, 0.25) is 0 Å².